The van der Waals surface area contributed by atoms with E-state index >= 15 is 0 Å². The molecule has 3 rings (SSSR count). The minimum Gasteiger partial charge on any atom is -0.494 e. The Balaban J connectivity index is 0.000000581. The van der Waals surface area contributed by atoms with E-state index < -0.39 is 0 Å². The van der Waals surface area contributed by atoms with E-state index in [1.807, 2.05) is 0 Å². The Hall–Kier alpha value is -1.88. The monoisotopic (exact) mass is 932 g/mol. The molecule has 2 heterocycles. The topological polar surface area (TPSA) is 27.7 Å². The molecule has 0 amide bonds. The fourth-order valence-electron chi connectivity index (χ4n) is 11.3. The van der Waals surface area contributed by atoms with Gasteiger partial charge in [-0.3, -0.25) is 4.90 Å². The van der Waals surface area contributed by atoms with Crippen molar-refractivity contribution in [1.82, 2.24) is 15.1 Å². The minimum absolute atomic E-state index is 0.0913. The molecule has 0 radical (unpaired) electrons. The Kier molecular flexibility index (Phi) is 24.5. The summed E-state index contributed by atoms with van der Waals surface area (Å²) in [6, 6.07) is 7.23. The van der Waals surface area contributed by atoms with Gasteiger partial charge in [-0.05, 0) is 191 Å². The predicted octanol–water partition coefficient (Wildman–Crippen LogP) is 17.9. The van der Waals surface area contributed by atoms with Crippen LogP contribution < -0.4 is 5.32 Å². The van der Waals surface area contributed by atoms with Crippen LogP contribution in [0, 0.1) is 28.1 Å². The Bertz CT molecular complexity index is 1620. The summed E-state index contributed by atoms with van der Waals surface area (Å²) in [4.78, 5) is 5.16. The molecule has 2 aliphatic heterocycles. The van der Waals surface area contributed by atoms with Gasteiger partial charge in [-0.2, -0.15) is 0 Å². The highest BCUT2D eigenvalue weighted by Gasteiger charge is 2.43. The molecule has 2 aliphatic rings. The number of allylic oxidation sites excluding steroid dienone is 2. The third kappa shape index (κ3) is 19.7. The van der Waals surface area contributed by atoms with Crippen LogP contribution in [0.2, 0.25) is 0 Å². The maximum atomic E-state index is 6.81. The van der Waals surface area contributed by atoms with Crippen LogP contribution >= 0.6 is 0 Å². The van der Waals surface area contributed by atoms with Crippen LogP contribution in [0.3, 0.4) is 0 Å². The van der Waals surface area contributed by atoms with Gasteiger partial charge in [-0.15, -0.1) is 13.2 Å². The van der Waals surface area contributed by atoms with E-state index in [0.717, 1.165) is 62.7 Å². The van der Waals surface area contributed by atoms with E-state index in [2.05, 4.69) is 225 Å². The zero-order valence-electron chi connectivity index (χ0n) is 49.4. The van der Waals surface area contributed by atoms with E-state index in [9.17, 15) is 0 Å². The molecule has 0 saturated carbocycles. The van der Waals surface area contributed by atoms with Gasteiger partial charge < -0.3 is 15.0 Å². The Morgan fingerprint density at radius 2 is 1.46 bits per heavy atom. The second-order valence-corrected chi connectivity index (χ2v) is 26.9. The molecule has 1 aromatic carbocycles. The van der Waals surface area contributed by atoms with Crippen LogP contribution in [0.4, 0.5) is 0 Å². The van der Waals surface area contributed by atoms with Crippen LogP contribution in [0.1, 0.15) is 251 Å². The molecule has 4 heteroatoms. The van der Waals surface area contributed by atoms with Crippen LogP contribution in [-0.4, -0.2) is 65.7 Å². The molecule has 0 bridgehead atoms. The van der Waals surface area contributed by atoms with Crippen molar-refractivity contribution in [2.75, 3.05) is 27.7 Å². The van der Waals surface area contributed by atoms with Gasteiger partial charge in [0, 0.05) is 40.5 Å². The fourth-order valence-corrected chi connectivity index (χ4v) is 11.3. The van der Waals surface area contributed by atoms with E-state index in [0.29, 0.717) is 22.4 Å². The summed E-state index contributed by atoms with van der Waals surface area (Å²) in [5.41, 5.74) is 5.79. The van der Waals surface area contributed by atoms with Gasteiger partial charge in [0.1, 0.15) is 6.10 Å². The fraction of sp³-hybridized carbons (Fsp3) is 0.810. The Labute approximate surface area is 420 Å². The quantitative estimate of drug-likeness (QED) is 0.104. The van der Waals surface area contributed by atoms with Gasteiger partial charge in [0.15, 0.2) is 0 Å². The number of hydrogen-bond acceptors (Lipinski definition) is 4. The van der Waals surface area contributed by atoms with Crippen molar-refractivity contribution >= 4 is 0 Å². The first-order valence-corrected chi connectivity index (χ1v) is 27.5. The van der Waals surface area contributed by atoms with E-state index in [1.54, 1.807) is 0 Å². The standard InChI is InChI=1S/C33H55NO.2C15H31N/c1-14-24(4)27-17-26(18-28(19-27)30(6,7)8)20-33(15-2,16-3)25(5)35-29-21-31(9,10)23-34(13)32(11,12)22-29;1-7-10-15(5)12-13(8-2)9-11-14(3,4)16(15)6;1-8-10-13(11-14(3,4)9-2)12-15(5,6)16-7/h15,17-19,24,29H,2,5,14,16,20-23H2,1,3-4,6-13H3;13H,7-12H2,1-6H3;8,13,16H,1,9-12H2,2-7H3. The smallest absolute Gasteiger partial charge is 0.101 e. The lowest BCUT2D eigenvalue weighted by Crippen LogP contribution is -2.53. The highest BCUT2D eigenvalue weighted by Crippen LogP contribution is 2.44. The number of likely N-dealkylation sites (tertiary alicyclic amines) is 2. The summed E-state index contributed by atoms with van der Waals surface area (Å²) < 4.78 is 6.81. The lowest BCUT2D eigenvalue weighted by atomic mass is 9.75. The van der Waals surface area contributed by atoms with Crippen LogP contribution in [0.5, 0.6) is 0 Å². The number of nitrogens with zero attached hydrogens (tertiary/aromatic N) is 2. The van der Waals surface area contributed by atoms with Gasteiger partial charge in [0.25, 0.3) is 0 Å². The maximum absolute atomic E-state index is 6.81. The molecular formula is C63H117N3O. The maximum Gasteiger partial charge on any atom is 0.101 e. The van der Waals surface area contributed by atoms with Crippen LogP contribution in [0.15, 0.2) is 55.8 Å². The van der Waals surface area contributed by atoms with E-state index in [4.69, 9.17) is 4.74 Å². The first-order valence-electron chi connectivity index (χ1n) is 27.5. The number of hydrogen-bond donors (Lipinski definition) is 1. The van der Waals surface area contributed by atoms with Crippen molar-refractivity contribution in [3.05, 3.63) is 72.5 Å². The molecule has 4 nitrogen and oxygen atoms in total. The van der Waals surface area contributed by atoms with Crippen LogP contribution in [-0.2, 0) is 16.6 Å². The lowest BCUT2D eigenvalue weighted by molar-refractivity contribution is 0.0268. The summed E-state index contributed by atoms with van der Waals surface area (Å²) in [6.45, 7) is 60.5. The molecular weight excluding hydrogens is 815 g/mol. The van der Waals surface area contributed by atoms with Gasteiger partial charge in [-0.25, -0.2) is 0 Å². The SMILES string of the molecule is C=CC(CC)(Cc1cc(C(C)CC)cc(C(C)(C)C)c1)C(=C)OC1CC(C)(C)CN(C)C(C)(C)C1.C=CCC(CC(C)(C)CC)CC(C)(C)NC.CCCC1(C)CC(CC)CCC(C)(C)N1C. The summed E-state index contributed by atoms with van der Waals surface area (Å²) in [7, 11) is 6.64. The van der Waals surface area contributed by atoms with E-state index in [-0.39, 0.29) is 33.4 Å². The predicted molar refractivity (Wildman–Crippen MR) is 302 cm³/mol. The second kappa shape index (κ2) is 26.0. The van der Waals surface area contributed by atoms with Crippen molar-refractivity contribution in [1.29, 1.82) is 0 Å². The third-order valence-electron chi connectivity index (χ3n) is 17.4. The molecule has 0 spiro atoms. The molecule has 1 N–H and O–H groups in total. The number of rotatable bonds is 20. The highest BCUT2D eigenvalue weighted by molar-refractivity contribution is 5.37. The largest absolute Gasteiger partial charge is 0.494 e. The molecule has 2 fully saturated rings. The highest BCUT2D eigenvalue weighted by atomic mass is 16.5. The van der Waals surface area contributed by atoms with Gasteiger partial charge in [0.05, 0.1) is 5.76 Å². The van der Waals surface area contributed by atoms with Crippen LogP contribution in [0.25, 0.3) is 0 Å². The molecule has 0 aliphatic carbocycles. The summed E-state index contributed by atoms with van der Waals surface area (Å²) in [5, 5.41) is 3.40. The first kappa shape index (κ1) is 63.1. The van der Waals surface area contributed by atoms with Crippen molar-refractivity contribution in [2.45, 2.75) is 274 Å². The number of nitrogens with one attached hydrogen (secondary N) is 1. The van der Waals surface area contributed by atoms with Gasteiger partial charge in [0.2, 0.25) is 0 Å². The summed E-state index contributed by atoms with van der Waals surface area (Å²) >= 11 is 0. The zero-order valence-corrected chi connectivity index (χ0v) is 49.4. The Morgan fingerprint density at radius 3 is 1.94 bits per heavy atom. The van der Waals surface area contributed by atoms with Crippen molar-refractivity contribution in [3.63, 3.8) is 0 Å². The van der Waals surface area contributed by atoms with E-state index in [1.165, 1.54) is 74.5 Å². The number of benzene rings is 1. The molecule has 67 heavy (non-hydrogen) atoms. The second-order valence-electron chi connectivity index (χ2n) is 26.9. The molecule has 0 aromatic heterocycles. The molecule has 6 unspecified atom stereocenters. The van der Waals surface area contributed by atoms with Crippen molar-refractivity contribution < 1.29 is 4.74 Å². The normalized spacial score (nSPS) is 24.2. The first-order chi connectivity index (χ1) is 30.6. The molecule has 390 valence electrons. The molecule has 2 saturated heterocycles. The third-order valence-corrected chi connectivity index (χ3v) is 17.4. The summed E-state index contributed by atoms with van der Waals surface area (Å²) in [6.07, 6.45) is 22.3. The Morgan fingerprint density at radius 1 is 0.851 bits per heavy atom. The average Bonchev–Trinajstić information content (AvgIpc) is 3.36. The van der Waals surface area contributed by atoms with Crippen molar-refractivity contribution in [3.8, 4) is 0 Å². The average molecular weight is 933 g/mol. The zero-order chi connectivity index (χ0) is 52.0. The van der Waals surface area contributed by atoms with Gasteiger partial charge >= 0.3 is 0 Å². The van der Waals surface area contributed by atoms with Gasteiger partial charge in [-0.1, -0.05) is 146 Å². The number of ether oxygens (including phenoxy) is 1. The molecule has 1 aromatic rings. The molecule has 6 atom stereocenters. The lowest BCUT2D eigenvalue weighted by Gasteiger charge is -2.47. The van der Waals surface area contributed by atoms with Crippen molar-refractivity contribution in [2.24, 2.45) is 28.1 Å². The minimum atomic E-state index is -0.282. The summed E-state index contributed by atoms with van der Waals surface area (Å²) in [5.74, 6) is 3.10.